The zero-order valence-corrected chi connectivity index (χ0v) is 18.2. The second kappa shape index (κ2) is 9.66. The molecular weight excluding hydrogens is 378 g/mol. The summed E-state index contributed by atoms with van der Waals surface area (Å²) in [7, 11) is 0. The van der Waals surface area contributed by atoms with Crippen LogP contribution in [0.5, 0.6) is 5.75 Å². The number of amides is 1. The van der Waals surface area contributed by atoms with Gasteiger partial charge in [-0.05, 0) is 68.7 Å². The Labute approximate surface area is 177 Å². The Kier molecular flexibility index (Phi) is 6.99. The number of ether oxygens (including phenoxy) is 1. The summed E-state index contributed by atoms with van der Waals surface area (Å²) >= 11 is 1.80. The van der Waals surface area contributed by atoms with Crippen molar-refractivity contribution in [3.8, 4) is 5.75 Å². The van der Waals surface area contributed by atoms with Crippen LogP contribution in [0.2, 0.25) is 0 Å². The van der Waals surface area contributed by atoms with Crippen LogP contribution in [0.1, 0.15) is 29.2 Å². The molecule has 0 radical (unpaired) electrons. The van der Waals surface area contributed by atoms with Gasteiger partial charge in [-0.25, -0.2) is 0 Å². The molecule has 0 aliphatic carbocycles. The average molecular weight is 406 g/mol. The Bertz CT molecular complexity index is 985. The van der Waals surface area contributed by atoms with Crippen LogP contribution in [0.4, 0.5) is 5.69 Å². The number of carbonyl (C=O) groups is 1. The monoisotopic (exact) mass is 405 g/mol. The lowest BCUT2D eigenvalue weighted by Gasteiger charge is -2.17. The minimum absolute atomic E-state index is 0.153. The molecule has 29 heavy (non-hydrogen) atoms. The quantitative estimate of drug-likeness (QED) is 0.468. The molecule has 0 spiro atoms. The van der Waals surface area contributed by atoms with Crippen molar-refractivity contribution in [3.05, 3.63) is 89.0 Å². The highest BCUT2D eigenvalue weighted by atomic mass is 32.2. The van der Waals surface area contributed by atoms with Gasteiger partial charge in [0.1, 0.15) is 5.75 Å². The molecule has 0 unspecified atom stereocenters. The maximum atomic E-state index is 12.6. The van der Waals surface area contributed by atoms with Gasteiger partial charge in [-0.1, -0.05) is 48.0 Å². The van der Waals surface area contributed by atoms with Gasteiger partial charge in [0.05, 0.1) is 0 Å². The van der Waals surface area contributed by atoms with E-state index in [4.69, 9.17) is 4.74 Å². The van der Waals surface area contributed by atoms with E-state index >= 15 is 0 Å². The highest BCUT2D eigenvalue weighted by Crippen LogP contribution is 2.25. The molecule has 3 nitrogen and oxygen atoms in total. The molecule has 150 valence electrons. The number of hydrogen-bond donors (Lipinski definition) is 1. The zero-order valence-electron chi connectivity index (χ0n) is 17.4. The van der Waals surface area contributed by atoms with E-state index in [-0.39, 0.29) is 5.91 Å². The van der Waals surface area contributed by atoms with E-state index in [0.717, 1.165) is 28.3 Å². The minimum Gasteiger partial charge on any atom is -0.481 e. The standard InChI is InChI=1S/C25H27NO2S/c1-17-10-13-24(19(3)14-17)28-20(4)25(27)26-23-12-11-21(15-18(23)2)16-29-22-8-6-5-7-9-22/h5-15,20H,16H2,1-4H3,(H,26,27)/t20-/m0/s1. The molecule has 1 atom stereocenters. The fourth-order valence-corrected chi connectivity index (χ4v) is 3.91. The van der Waals surface area contributed by atoms with Gasteiger partial charge in [-0.2, -0.15) is 0 Å². The van der Waals surface area contributed by atoms with E-state index in [2.05, 4.69) is 35.6 Å². The summed E-state index contributed by atoms with van der Waals surface area (Å²) in [5.41, 5.74) is 5.30. The number of thioether (sulfide) groups is 1. The van der Waals surface area contributed by atoms with E-state index in [9.17, 15) is 4.79 Å². The minimum atomic E-state index is -0.580. The third-order valence-corrected chi connectivity index (χ3v) is 5.78. The Morgan fingerprint density at radius 1 is 0.966 bits per heavy atom. The smallest absolute Gasteiger partial charge is 0.265 e. The van der Waals surface area contributed by atoms with Gasteiger partial charge in [0.15, 0.2) is 6.10 Å². The van der Waals surface area contributed by atoms with Crippen LogP contribution in [0.3, 0.4) is 0 Å². The summed E-state index contributed by atoms with van der Waals surface area (Å²) in [6, 6.07) is 22.5. The SMILES string of the molecule is Cc1ccc(O[C@@H](C)C(=O)Nc2ccc(CSc3ccccc3)cc2C)c(C)c1. The number of aryl methyl sites for hydroxylation is 3. The van der Waals surface area contributed by atoms with Gasteiger partial charge in [0.2, 0.25) is 0 Å². The molecule has 0 aliphatic heterocycles. The van der Waals surface area contributed by atoms with E-state index in [0.29, 0.717) is 0 Å². The van der Waals surface area contributed by atoms with Crippen molar-refractivity contribution >= 4 is 23.4 Å². The second-order valence-corrected chi connectivity index (χ2v) is 8.32. The summed E-state index contributed by atoms with van der Waals surface area (Å²) in [6.45, 7) is 7.82. The van der Waals surface area contributed by atoms with Crippen LogP contribution in [-0.2, 0) is 10.5 Å². The molecule has 1 N–H and O–H groups in total. The van der Waals surface area contributed by atoms with Crippen molar-refractivity contribution in [1.29, 1.82) is 0 Å². The molecular formula is C25H27NO2S. The van der Waals surface area contributed by atoms with Crippen LogP contribution in [0.25, 0.3) is 0 Å². The first kappa shape index (κ1) is 21.0. The van der Waals surface area contributed by atoms with Gasteiger partial charge in [0.25, 0.3) is 5.91 Å². The number of hydrogen-bond acceptors (Lipinski definition) is 3. The van der Waals surface area contributed by atoms with Gasteiger partial charge in [0, 0.05) is 16.3 Å². The molecule has 0 bridgehead atoms. The maximum Gasteiger partial charge on any atom is 0.265 e. The van der Waals surface area contributed by atoms with Crippen molar-refractivity contribution in [2.75, 3.05) is 5.32 Å². The topological polar surface area (TPSA) is 38.3 Å². The summed E-state index contributed by atoms with van der Waals surface area (Å²) in [4.78, 5) is 13.9. The third-order valence-electron chi connectivity index (χ3n) is 4.70. The number of rotatable bonds is 7. The molecule has 0 saturated heterocycles. The Morgan fingerprint density at radius 2 is 1.72 bits per heavy atom. The first-order valence-corrected chi connectivity index (χ1v) is 10.7. The fourth-order valence-electron chi connectivity index (χ4n) is 3.05. The molecule has 0 heterocycles. The molecule has 3 aromatic carbocycles. The average Bonchev–Trinajstić information content (AvgIpc) is 2.71. The van der Waals surface area contributed by atoms with Crippen molar-refractivity contribution < 1.29 is 9.53 Å². The van der Waals surface area contributed by atoms with Gasteiger partial charge in [-0.3, -0.25) is 4.79 Å². The Balaban J connectivity index is 1.59. The Hall–Kier alpha value is -2.72. The largest absolute Gasteiger partial charge is 0.481 e. The first-order chi connectivity index (χ1) is 13.9. The van der Waals surface area contributed by atoms with E-state index < -0.39 is 6.10 Å². The van der Waals surface area contributed by atoms with Crippen LogP contribution in [0.15, 0.2) is 71.6 Å². The van der Waals surface area contributed by atoms with Crippen molar-refractivity contribution in [1.82, 2.24) is 0 Å². The molecule has 1 amide bonds. The zero-order chi connectivity index (χ0) is 20.8. The predicted octanol–water partition coefficient (Wildman–Crippen LogP) is 6.31. The third kappa shape index (κ3) is 5.88. The maximum absolute atomic E-state index is 12.6. The lowest BCUT2D eigenvalue weighted by Crippen LogP contribution is -2.30. The van der Waals surface area contributed by atoms with Crippen molar-refractivity contribution in [2.24, 2.45) is 0 Å². The molecule has 3 rings (SSSR count). The number of benzene rings is 3. The van der Waals surface area contributed by atoms with Gasteiger partial charge < -0.3 is 10.1 Å². The highest BCUT2D eigenvalue weighted by Gasteiger charge is 2.17. The van der Waals surface area contributed by atoms with Crippen LogP contribution in [0, 0.1) is 20.8 Å². The van der Waals surface area contributed by atoms with E-state index in [1.165, 1.54) is 16.0 Å². The molecule has 0 fully saturated rings. The molecule has 0 aliphatic rings. The van der Waals surface area contributed by atoms with Crippen LogP contribution < -0.4 is 10.1 Å². The molecule has 0 aromatic heterocycles. The molecule has 0 saturated carbocycles. The predicted molar refractivity (Wildman–Crippen MR) is 122 cm³/mol. The summed E-state index contributed by atoms with van der Waals surface area (Å²) in [5, 5.41) is 2.99. The van der Waals surface area contributed by atoms with Gasteiger partial charge in [-0.15, -0.1) is 11.8 Å². The number of anilines is 1. The normalized spacial score (nSPS) is 11.7. The van der Waals surface area contributed by atoms with Crippen molar-refractivity contribution in [3.63, 3.8) is 0 Å². The van der Waals surface area contributed by atoms with Crippen LogP contribution >= 0.6 is 11.8 Å². The van der Waals surface area contributed by atoms with E-state index in [1.807, 2.05) is 57.2 Å². The van der Waals surface area contributed by atoms with Crippen molar-refractivity contribution in [2.45, 2.75) is 44.4 Å². The molecule has 4 heteroatoms. The van der Waals surface area contributed by atoms with E-state index in [1.54, 1.807) is 18.7 Å². The lowest BCUT2D eigenvalue weighted by molar-refractivity contribution is -0.122. The number of carbonyl (C=O) groups excluding carboxylic acids is 1. The van der Waals surface area contributed by atoms with Crippen LogP contribution in [-0.4, -0.2) is 12.0 Å². The highest BCUT2D eigenvalue weighted by molar-refractivity contribution is 7.98. The number of nitrogens with one attached hydrogen (secondary N) is 1. The summed E-state index contributed by atoms with van der Waals surface area (Å²) in [5.74, 6) is 1.48. The van der Waals surface area contributed by atoms with Gasteiger partial charge >= 0.3 is 0 Å². The fraction of sp³-hybridized carbons (Fsp3) is 0.240. The summed E-state index contributed by atoms with van der Waals surface area (Å²) in [6.07, 6.45) is -0.580. The summed E-state index contributed by atoms with van der Waals surface area (Å²) < 4.78 is 5.87. The molecule has 3 aromatic rings. The Morgan fingerprint density at radius 3 is 2.41 bits per heavy atom. The first-order valence-electron chi connectivity index (χ1n) is 9.74. The lowest BCUT2D eigenvalue weighted by atomic mass is 10.1. The second-order valence-electron chi connectivity index (χ2n) is 7.27.